The molecule has 0 radical (unpaired) electrons. The van der Waals surface area contributed by atoms with Gasteiger partial charge in [-0.25, -0.2) is 14.5 Å². The number of ether oxygens (including phenoxy) is 2. The third kappa shape index (κ3) is 4.89. The van der Waals surface area contributed by atoms with Gasteiger partial charge < -0.3 is 14.4 Å². The summed E-state index contributed by atoms with van der Waals surface area (Å²) in [4.78, 5) is 18.6. The van der Waals surface area contributed by atoms with Gasteiger partial charge in [0.15, 0.2) is 11.4 Å². The van der Waals surface area contributed by atoms with E-state index in [0.717, 1.165) is 12.0 Å². The van der Waals surface area contributed by atoms with Gasteiger partial charge in [-0.3, -0.25) is 0 Å². The smallest absolute Gasteiger partial charge is 0.410 e. The normalized spacial score (nSPS) is 17.9. The molecule has 0 N–H and O–H groups in total. The summed E-state index contributed by atoms with van der Waals surface area (Å²) in [6.07, 6.45) is 6.97. The summed E-state index contributed by atoms with van der Waals surface area (Å²) in [6, 6.07) is 15.4. The molecule has 186 valence electrons. The number of nitriles is 1. The standard InChI is InChI=1S/C27H30N6O3/c1-32(17-19-9-5-3-6-10-19)26(34)35-18-22-25(30-31-33(22)2)20-11-12-23(21(16-28)29-20)36-24-15-27(24)13-7-4-8-14-27/h3,5-6,9-12,24H,4,7-8,13-15,17-18H2,1-2H3/t24-/m0/s1. The zero-order valence-electron chi connectivity index (χ0n) is 20.7. The Morgan fingerprint density at radius 1 is 1.19 bits per heavy atom. The van der Waals surface area contributed by atoms with E-state index in [1.807, 2.05) is 30.3 Å². The number of hydrogen-bond donors (Lipinski definition) is 0. The Kier molecular flexibility index (Phi) is 6.59. The highest BCUT2D eigenvalue weighted by atomic mass is 16.6. The Hall–Kier alpha value is -3.93. The van der Waals surface area contributed by atoms with Gasteiger partial charge >= 0.3 is 6.09 Å². The lowest BCUT2D eigenvalue weighted by Gasteiger charge is -2.22. The van der Waals surface area contributed by atoms with Crippen LogP contribution in [0.4, 0.5) is 4.79 Å². The molecular formula is C27H30N6O3. The lowest BCUT2D eigenvalue weighted by atomic mass is 9.86. The van der Waals surface area contributed by atoms with Crippen molar-refractivity contribution in [3.8, 4) is 23.2 Å². The van der Waals surface area contributed by atoms with Crippen molar-refractivity contribution < 1.29 is 14.3 Å². The Morgan fingerprint density at radius 2 is 1.97 bits per heavy atom. The predicted molar refractivity (Wildman–Crippen MR) is 132 cm³/mol. The van der Waals surface area contributed by atoms with Gasteiger partial charge in [-0.15, -0.1) is 5.10 Å². The molecule has 2 aliphatic carbocycles. The van der Waals surface area contributed by atoms with E-state index in [1.165, 1.54) is 37.0 Å². The third-order valence-electron chi connectivity index (χ3n) is 7.29. The van der Waals surface area contributed by atoms with Crippen LogP contribution in [0.2, 0.25) is 0 Å². The zero-order chi connectivity index (χ0) is 25.1. The van der Waals surface area contributed by atoms with Crippen molar-refractivity contribution in [2.24, 2.45) is 12.5 Å². The molecule has 9 heteroatoms. The van der Waals surface area contributed by atoms with E-state index in [1.54, 1.807) is 30.9 Å². The molecule has 0 unspecified atom stereocenters. The summed E-state index contributed by atoms with van der Waals surface area (Å²) in [5, 5.41) is 18.1. The number of rotatable bonds is 7. The topological polar surface area (TPSA) is 106 Å². The molecule has 1 amide bonds. The van der Waals surface area contributed by atoms with Gasteiger partial charge in [0.25, 0.3) is 0 Å². The first-order chi connectivity index (χ1) is 17.5. The minimum Gasteiger partial charge on any atom is -0.487 e. The van der Waals surface area contributed by atoms with E-state index < -0.39 is 6.09 Å². The minimum absolute atomic E-state index is 0.0246. The molecule has 1 aromatic carbocycles. The maximum atomic E-state index is 12.6. The first kappa shape index (κ1) is 23.8. The van der Waals surface area contributed by atoms with E-state index in [0.29, 0.717) is 34.8 Å². The maximum Gasteiger partial charge on any atom is 0.410 e. The molecular weight excluding hydrogens is 456 g/mol. The first-order valence-electron chi connectivity index (χ1n) is 12.4. The quantitative estimate of drug-likeness (QED) is 0.480. The maximum absolute atomic E-state index is 12.6. The van der Waals surface area contributed by atoms with E-state index >= 15 is 0 Å². The Balaban J connectivity index is 1.26. The SMILES string of the molecule is CN(Cc1ccccc1)C(=O)OCc1c(-c2ccc(O[C@H]3CC34CCCCC4)c(C#N)n2)nnn1C. The van der Waals surface area contributed by atoms with Crippen LogP contribution in [-0.4, -0.2) is 44.1 Å². The van der Waals surface area contributed by atoms with Crippen molar-refractivity contribution in [1.29, 1.82) is 5.26 Å². The molecule has 2 saturated carbocycles. The van der Waals surface area contributed by atoms with Crippen LogP contribution in [0.1, 0.15) is 55.5 Å². The van der Waals surface area contributed by atoms with Gasteiger partial charge in [-0.1, -0.05) is 54.8 Å². The molecule has 2 heterocycles. The van der Waals surface area contributed by atoms with Crippen LogP contribution in [0, 0.1) is 16.7 Å². The Bertz CT molecular complexity index is 1280. The van der Waals surface area contributed by atoms with Gasteiger partial charge in [0, 0.05) is 26.1 Å². The summed E-state index contributed by atoms with van der Waals surface area (Å²) in [6.45, 7) is 0.413. The highest BCUT2D eigenvalue weighted by Gasteiger charge is 2.56. The molecule has 0 saturated heterocycles. The average molecular weight is 487 g/mol. The van der Waals surface area contributed by atoms with Gasteiger partial charge in [0.2, 0.25) is 0 Å². The number of aromatic nitrogens is 4. The molecule has 2 aromatic heterocycles. The average Bonchev–Trinajstić information content (AvgIpc) is 3.40. The molecule has 9 nitrogen and oxygen atoms in total. The van der Waals surface area contributed by atoms with Crippen molar-refractivity contribution in [2.75, 3.05) is 7.05 Å². The lowest BCUT2D eigenvalue weighted by molar-refractivity contribution is 0.100. The van der Waals surface area contributed by atoms with Crippen LogP contribution in [-0.2, 0) is 24.9 Å². The number of nitrogens with zero attached hydrogens (tertiary/aromatic N) is 6. The fraction of sp³-hybridized carbons (Fsp3) is 0.444. The summed E-state index contributed by atoms with van der Waals surface area (Å²) in [5.74, 6) is 0.508. The Morgan fingerprint density at radius 3 is 2.72 bits per heavy atom. The largest absolute Gasteiger partial charge is 0.487 e. The summed E-state index contributed by atoms with van der Waals surface area (Å²) in [5.41, 5.74) is 3.06. The van der Waals surface area contributed by atoms with Crippen molar-refractivity contribution >= 4 is 6.09 Å². The van der Waals surface area contributed by atoms with Crippen molar-refractivity contribution in [1.82, 2.24) is 24.9 Å². The van der Waals surface area contributed by atoms with E-state index in [-0.39, 0.29) is 18.4 Å². The number of carbonyl (C=O) groups is 1. The van der Waals surface area contributed by atoms with Gasteiger partial charge in [-0.05, 0) is 37.0 Å². The van der Waals surface area contributed by atoms with Crippen LogP contribution in [0.15, 0.2) is 42.5 Å². The fourth-order valence-corrected chi connectivity index (χ4v) is 5.07. The second kappa shape index (κ2) is 9.97. The van der Waals surface area contributed by atoms with E-state index in [2.05, 4.69) is 21.4 Å². The van der Waals surface area contributed by atoms with Crippen molar-refractivity contribution in [2.45, 2.75) is 57.8 Å². The number of pyridine rings is 1. The Labute approximate surface area is 210 Å². The van der Waals surface area contributed by atoms with E-state index in [9.17, 15) is 10.1 Å². The molecule has 1 atom stereocenters. The predicted octanol–water partition coefficient (Wildman–Crippen LogP) is 4.62. The number of aryl methyl sites for hydroxylation is 1. The van der Waals surface area contributed by atoms with Crippen LogP contribution < -0.4 is 4.74 Å². The highest BCUT2D eigenvalue weighted by molar-refractivity contribution is 5.67. The molecule has 0 bridgehead atoms. The summed E-state index contributed by atoms with van der Waals surface area (Å²) < 4.78 is 13.3. The number of carbonyl (C=O) groups excluding carboxylic acids is 1. The second-order valence-electron chi connectivity index (χ2n) is 9.79. The molecule has 5 rings (SSSR count). The zero-order valence-corrected chi connectivity index (χ0v) is 20.7. The van der Waals surface area contributed by atoms with Gasteiger partial charge in [0.05, 0.1) is 5.69 Å². The molecule has 2 aliphatic rings. The summed E-state index contributed by atoms with van der Waals surface area (Å²) >= 11 is 0. The van der Waals surface area contributed by atoms with Gasteiger partial charge in [0.1, 0.15) is 30.2 Å². The molecule has 3 aromatic rings. The number of hydrogen-bond acceptors (Lipinski definition) is 7. The van der Waals surface area contributed by atoms with Crippen molar-refractivity contribution in [3.63, 3.8) is 0 Å². The van der Waals surface area contributed by atoms with Crippen molar-refractivity contribution in [3.05, 3.63) is 59.4 Å². The summed E-state index contributed by atoms with van der Waals surface area (Å²) in [7, 11) is 3.42. The fourth-order valence-electron chi connectivity index (χ4n) is 5.07. The second-order valence-corrected chi connectivity index (χ2v) is 9.79. The molecule has 2 fully saturated rings. The van der Waals surface area contributed by atoms with Crippen LogP contribution in [0.25, 0.3) is 11.4 Å². The molecule has 36 heavy (non-hydrogen) atoms. The minimum atomic E-state index is -0.457. The monoisotopic (exact) mass is 486 g/mol. The van der Waals surface area contributed by atoms with Crippen LogP contribution in [0.5, 0.6) is 5.75 Å². The lowest BCUT2D eigenvalue weighted by Crippen LogP contribution is -2.27. The van der Waals surface area contributed by atoms with Crippen LogP contribution in [0.3, 0.4) is 0 Å². The van der Waals surface area contributed by atoms with E-state index in [4.69, 9.17) is 9.47 Å². The number of benzene rings is 1. The third-order valence-corrected chi connectivity index (χ3v) is 7.29. The molecule has 1 spiro atoms. The van der Waals surface area contributed by atoms with Gasteiger partial charge in [-0.2, -0.15) is 5.26 Å². The number of amides is 1. The molecule has 0 aliphatic heterocycles. The highest BCUT2D eigenvalue weighted by Crippen LogP contribution is 2.58. The first-order valence-corrected chi connectivity index (χ1v) is 12.4. The van der Waals surface area contributed by atoms with Crippen LogP contribution >= 0.6 is 0 Å².